The van der Waals surface area contributed by atoms with Gasteiger partial charge in [-0.15, -0.1) is 0 Å². The molecule has 104 valence electrons. The molecule has 0 aromatic heterocycles. The van der Waals surface area contributed by atoms with E-state index in [0.29, 0.717) is 12.1 Å². The fourth-order valence-electron chi connectivity index (χ4n) is 1.85. The molecule has 2 aromatic carbocycles. The van der Waals surface area contributed by atoms with Gasteiger partial charge in [0.2, 0.25) is 0 Å². The SMILES string of the molecule is COc1cccc(CCNC(=O)c2ccc(I)cc2)c1. The van der Waals surface area contributed by atoms with Crippen LogP contribution in [-0.2, 0) is 6.42 Å². The van der Waals surface area contributed by atoms with Gasteiger partial charge in [0.1, 0.15) is 5.75 Å². The van der Waals surface area contributed by atoms with Gasteiger partial charge in [-0.3, -0.25) is 4.79 Å². The number of amides is 1. The lowest BCUT2D eigenvalue weighted by molar-refractivity contribution is 0.0954. The summed E-state index contributed by atoms with van der Waals surface area (Å²) in [6.45, 7) is 0.609. The van der Waals surface area contributed by atoms with Gasteiger partial charge < -0.3 is 10.1 Å². The molecule has 0 saturated carbocycles. The molecule has 0 atom stereocenters. The molecule has 2 rings (SSSR count). The van der Waals surface area contributed by atoms with Gasteiger partial charge in [0.15, 0.2) is 0 Å². The molecular formula is C16H16INO2. The highest BCUT2D eigenvalue weighted by molar-refractivity contribution is 14.1. The molecule has 1 N–H and O–H groups in total. The van der Waals surface area contributed by atoms with Crippen molar-refractivity contribution in [3.05, 3.63) is 63.2 Å². The Labute approximate surface area is 132 Å². The Morgan fingerprint density at radius 3 is 2.65 bits per heavy atom. The first-order valence-electron chi connectivity index (χ1n) is 6.36. The highest BCUT2D eigenvalue weighted by Gasteiger charge is 2.04. The van der Waals surface area contributed by atoms with Crippen molar-refractivity contribution in [3.63, 3.8) is 0 Å². The smallest absolute Gasteiger partial charge is 0.251 e. The Bertz CT molecular complexity index is 581. The Morgan fingerprint density at radius 2 is 1.95 bits per heavy atom. The van der Waals surface area contributed by atoms with Gasteiger partial charge >= 0.3 is 0 Å². The van der Waals surface area contributed by atoms with Crippen LogP contribution in [0.3, 0.4) is 0 Å². The Kier molecular flexibility index (Phi) is 5.40. The molecular weight excluding hydrogens is 365 g/mol. The van der Waals surface area contributed by atoms with Gasteiger partial charge in [-0.1, -0.05) is 12.1 Å². The van der Waals surface area contributed by atoms with Crippen LogP contribution < -0.4 is 10.1 Å². The zero-order valence-electron chi connectivity index (χ0n) is 11.2. The predicted octanol–water partition coefficient (Wildman–Crippen LogP) is 3.27. The molecule has 0 bridgehead atoms. The number of halogens is 1. The molecule has 20 heavy (non-hydrogen) atoms. The minimum Gasteiger partial charge on any atom is -0.497 e. The van der Waals surface area contributed by atoms with Crippen molar-refractivity contribution >= 4 is 28.5 Å². The normalized spacial score (nSPS) is 10.1. The van der Waals surface area contributed by atoms with E-state index in [1.54, 1.807) is 7.11 Å². The molecule has 0 aliphatic carbocycles. The Morgan fingerprint density at radius 1 is 1.20 bits per heavy atom. The largest absolute Gasteiger partial charge is 0.497 e. The maximum atomic E-state index is 11.9. The molecule has 0 fully saturated rings. The highest BCUT2D eigenvalue weighted by Crippen LogP contribution is 2.12. The lowest BCUT2D eigenvalue weighted by Gasteiger charge is -2.07. The minimum absolute atomic E-state index is 0.0377. The summed E-state index contributed by atoms with van der Waals surface area (Å²) in [6.07, 6.45) is 0.785. The summed E-state index contributed by atoms with van der Waals surface area (Å²) in [5, 5.41) is 2.92. The van der Waals surface area contributed by atoms with E-state index in [2.05, 4.69) is 27.9 Å². The van der Waals surface area contributed by atoms with Crippen molar-refractivity contribution in [3.8, 4) is 5.75 Å². The zero-order chi connectivity index (χ0) is 14.4. The summed E-state index contributed by atoms with van der Waals surface area (Å²) in [5.41, 5.74) is 1.84. The van der Waals surface area contributed by atoms with Crippen LogP contribution in [0.5, 0.6) is 5.75 Å². The standard InChI is InChI=1S/C16H16INO2/c1-20-15-4-2-3-12(11-15)9-10-18-16(19)13-5-7-14(17)8-6-13/h2-8,11H,9-10H2,1H3,(H,18,19). The lowest BCUT2D eigenvalue weighted by Crippen LogP contribution is -2.25. The Balaban J connectivity index is 1.86. The van der Waals surface area contributed by atoms with E-state index in [-0.39, 0.29) is 5.91 Å². The molecule has 0 unspecified atom stereocenters. The van der Waals surface area contributed by atoms with Gasteiger partial charge in [0.25, 0.3) is 5.91 Å². The number of hydrogen-bond donors (Lipinski definition) is 1. The van der Waals surface area contributed by atoms with Crippen LogP contribution in [0.25, 0.3) is 0 Å². The maximum Gasteiger partial charge on any atom is 0.251 e. The number of benzene rings is 2. The first-order valence-corrected chi connectivity index (χ1v) is 7.43. The third kappa shape index (κ3) is 4.23. The van der Waals surface area contributed by atoms with Gasteiger partial charge in [-0.25, -0.2) is 0 Å². The van der Waals surface area contributed by atoms with Crippen molar-refractivity contribution < 1.29 is 9.53 Å². The second-order valence-corrected chi connectivity index (χ2v) is 5.61. The number of carbonyl (C=O) groups excluding carboxylic acids is 1. The average molecular weight is 381 g/mol. The van der Waals surface area contributed by atoms with E-state index in [0.717, 1.165) is 21.3 Å². The van der Waals surface area contributed by atoms with E-state index in [4.69, 9.17) is 4.74 Å². The van der Waals surface area contributed by atoms with Crippen molar-refractivity contribution in [2.45, 2.75) is 6.42 Å². The minimum atomic E-state index is -0.0377. The predicted molar refractivity (Wildman–Crippen MR) is 88.2 cm³/mol. The number of methoxy groups -OCH3 is 1. The first kappa shape index (κ1) is 14.8. The molecule has 0 spiro atoms. The van der Waals surface area contributed by atoms with Crippen LogP contribution in [0, 0.1) is 3.57 Å². The summed E-state index contributed by atoms with van der Waals surface area (Å²) < 4.78 is 6.30. The molecule has 0 heterocycles. The molecule has 4 heteroatoms. The number of hydrogen-bond acceptors (Lipinski definition) is 2. The first-order chi connectivity index (χ1) is 9.69. The molecule has 1 amide bonds. The molecule has 2 aromatic rings. The van der Waals surface area contributed by atoms with E-state index >= 15 is 0 Å². The summed E-state index contributed by atoms with van der Waals surface area (Å²) in [6, 6.07) is 15.4. The van der Waals surface area contributed by atoms with Crippen LogP contribution in [0.2, 0.25) is 0 Å². The van der Waals surface area contributed by atoms with E-state index < -0.39 is 0 Å². The summed E-state index contributed by atoms with van der Waals surface area (Å²) in [5.74, 6) is 0.802. The topological polar surface area (TPSA) is 38.3 Å². The van der Waals surface area contributed by atoms with Gasteiger partial charge in [-0.2, -0.15) is 0 Å². The second-order valence-electron chi connectivity index (χ2n) is 4.36. The summed E-state index contributed by atoms with van der Waals surface area (Å²) >= 11 is 2.22. The third-order valence-corrected chi connectivity index (χ3v) is 3.66. The van der Waals surface area contributed by atoms with E-state index in [9.17, 15) is 4.79 Å². The maximum absolute atomic E-state index is 11.9. The van der Waals surface area contributed by atoms with E-state index in [1.807, 2.05) is 48.5 Å². The summed E-state index contributed by atoms with van der Waals surface area (Å²) in [4.78, 5) is 11.9. The van der Waals surface area contributed by atoms with Crippen molar-refractivity contribution in [1.82, 2.24) is 5.32 Å². The highest BCUT2D eigenvalue weighted by atomic mass is 127. The van der Waals surface area contributed by atoms with Crippen molar-refractivity contribution in [1.29, 1.82) is 0 Å². The fraction of sp³-hybridized carbons (Fsp3) is 0.188. The van der Waals surface area contributed by atoms with Crippen LogP contribution >= 0.6 is 22.6 Å². The second kappa shape index (κ2) is 7.28. The van der Waals surface area contributed by atoms with Crippen molar-refractivity contribution in [2.24, 2.45) is 0 Å². The number of rotatable bonds is 5. The number of nitrogens with one attached hydrogen (secondary N) is 1. The fourth-order valence-corrected chi connectivity index (χ4v) is 2.21. The molecule has 0 aliphatic heterocycles. The van der Waals surface area contributed by atoms with Gasteiger partial charge in [0.05, 0.1) is 7.11 Å². The average Bonchev–Trinajstić information content (AvgIpc) is 2.48. The summed E-state index contributed by atoms with van der Waals surface area (Å²) in [7, 11) is 1.65. The third-order valence-electron chi connectivity index (χ3n) is 2.94. The number of carbonyl (C=O) groups is 1. The van der Waals surface area contributed by atoms with Crippen LogP contribution in [0.4, 0.5) is 0 Å². The van der Waals surface area contributed by atoms with Gasteiger partial charge in [-0.05, 0) is 71.0 Å². The Hall–Kier alpha value is -1.56. The van der Waals surface area contributed by atoms with Crippen LogP contribution in [0.15, 0.2) is 48.5 Å². The molecule has 3 nitrogen and oxygen atoms in total. The lowest BCUT2D eigenvalue weighted by atomic mass is 10.1. The quantitative estimate of drug-likeness (QED) is 0.808. The monoisotopic (exact) mass is 381 g/mol. The van der Waals surface area contributed by atoms with E-state index in [1.165, 1.54) is 0 Å². The molecule has 0 aliphatic rings. The molecule has 0 saturated heterocycles. The molecule has 0 radical (unpaired) electrons. The zero-order valence-corrected chi connectivity index (χ0v) is 13.4. The number of ether oxygens (including phenoxy) is 1. The van der Waals surface area contributed by atoms with Crippen LogP contribution in [0.1, 0.15) is 15.9 Å². The van der Waals surface area contributed by atoms with Crippen LogP contribution in [-0.4, -0.2) is 19.6 Å². The van der Waals surface area contributed by atoms with Crippen molar-refractivity contribution in [2.75, 3.05) is 13.7 Å². The van der Waals surface area contributed by atoms with Gasteiger partial charge in [0, 0.05) is 15.7 Å².